The summed E-state index contributed by atoms with van der Waals surface area (Å²) in [6.45, 7) is 5.93. The Morgan fingerprint density at radius 1 is 1.30 bits per heavy atom. The van der Waals surface area contributed by atoms with Gasteiger partial charge in [-0.2, -0.15) is 8.78 Å². The molecule has 0 bridgehead atoms. The van der Waals surface area contributed by atoms with Crippen molar-refractivity contribution >= 4 is 17.7 Å². The van der Waals surface area contributed by atoms with Gasteiger partial charge in [0.25, 0.3) is 5.76 Å². The van der Waals surface area contributed by atoms with E-state index < -0.39 is 5.76 Å². The van der Waals surface area contributed by atoms with Crippen molar-refractivity contribution in [2.45, 2.75) is 50.9 Å². The number of thioether (sulfide) groups is 1. The zero-order valence-electron chi connectivity index (χ0n) is 11.8. The standard InChI is InChI=1S/C13H20F2N2O2S/c1-8(2)17-12(18)9(3)16-6-10-4-5-11(19-10)7-20-13(14)15/h4-5,8-9,13,16H,6-7H2,1-3H3,(H,17,18). The van der Waals surface area contributed by atoms with Gasteiger partial charge in [-0.1, -0.05) is 11.8 Å². The predicted octanol–water partition coefficient (Wildman–Crippen LogP) is 2.74. The molecule has 1 aromatic rings. The summed E-state index contributed by atoms with van der Waals surface area (Å²) in [6, 6.07) is 3.14. The molecule has 1 unspecified atom stereocenters. The Hall–Kier alpha value is -1.08. The van der Waals surface area contributed by atoms with Gasteiger partial charge in [0.2, 0.25) is 5.91 Å². The molecule has 0 aromatic carbocycles. The molecule has 1 heterocycles. The molecule has 4 nitrogen and oxygen atoms in total. The van der Waals surface area contributed by atoms with Gasteiger partial charge in [-0.25, -0.2) is 0 Å². The number of alkyl halides is 2. The molecule has 0 aliphatic carbocycles. The highest BCUT2D eigenvalue weighted by atomic mass is 32.2. The minimum atomic E-state index is -2.40. The molecule has 1 rings (SSSR count). The quantitative estimate of drug-likeness (QED) is 0.775. The second-order valence-corrected chi connectivity index (χ2v) is 5.68. The van der Waals surface area contributed by atoms with E-state index in [0.29, 0.717) is 29.8 Å². The van der Waals surface area contributed by atoms with E-state index in [1.165, 1.54) is 0 Å². The molecule has 0 fully saturated rings. The first-order valence-electron chi connectivity index (χ1n) is 6.39. The first-order valence-corrected chi connectivity index (χ1v) is 7.44. The molecule has 1 atom stereocenters. The Bertz CT molecular complexity index is 424. The van der Waals surface area contributed by atoms with Crippen LogP contribution < -0.4 is 10.6 Å². The monoisotopic (exact) mass is 306 g/mol. The summed E-state index contributed by atoms with van der Waals surface area (Å²) in [5.74, 6) is -1.21. The molecule has 0 saturated heterocycles. The third kappa shape index (κ3) is 6.38. The maximum atomic E-state index is 12.0. The fourth-order valence-corrected chi connectivity index (χ4v) is 1.94. The molecule has 0 radical (unpaired) electrons. The summed E-state index contributed by atoms with van der Waals surface area (Å²) < 4.78 is 29.5. The van der Waals surface area contributed by atoms with Gasteiger partial charge in [-0.3, -0.25) is 10.1 Å². The zero-order chi connectivity index (χ0) is 15.1. The van der Waals surface area contributed by atoms with Crippen LogP contribution >= 0.6 is 11.8 Å². The Morgan fingerprint density at radius 3 is 2.55 bits per heavy atom. The molecular formula is C13H20F2N2O2S. The van der Waals surface area contributed by atoms with Gasteiger partial charge in [-0.15, -0.1) is 0 Å². The predicted molar refractivity (Wildman–Crippen MR) is 75.6 cm³/mol. The average molecular weight is 306 g/mol. The first kappa shape index (κ1) is 17.0. The number of carbonyl (C=O) groups is 1. The Balaban J connectivity index is 2.36. The number of carbonyl (C=O) groups excluding carboxylic acids is 1. The van der Waals surface area contributed by atoms with E-state index in [1.807, 2.05) is 13.8 Å². The normalized spacial score (nSPS) is 12.9. The average Bonchev–Trinajstić information content (AvgIpc) is 2.80. The summed E-state index contributed by atoms with van der Waals surface area (Å²) in [6.07, 6.45) is 0. The molecule has 7 heteroatoms. The van der Waals surface area contributed by atoms with Crippen molar-refractivity contribution in [3.05, 3.63) is 23.7 Å². The van der Waals surface area contributed by atoms with Gasteiger partial charge in [0.05, 0.1) is 18.3 Å². The van der Waals surface area contributed by atoms with E-state index in [2.05, 4.69) is 10.6 Å². The number of hydrogen-bond acceptors (Lipinski definition) is 4. The minimum Gasteiger partial charge on any atom is -0.464 e. The number of rotatable bonds is 8. The Morgan fingerprint density at radius 2 is 1.95 bits per heavy atom. The van der Waals surface area contributed by atoms with E-state index in [-0.39, 0.29) is 23.7 Å². The third-order valence-electron chi connectivity index (χ3n) is 2.48. The summed E-state index contributed by atoms with van der Waals surface area (Å²) in [7, 11) is 0. The molecule has 2 N–H and O–H groups in total. The summed E-state index contributed by atoms with van der Waals surface area (Å²) in [4.78, 5) is 11.7. The largest absolute Gasteiger partial charge is 0.464 e. The summed E-state index contributed by atoms with van der Waals surface area (Å²) in [5, 5.41) is 5.82. The molecule has 114 valence electrons. The Kier molecular flexibility index (Phi) is 7.01. The lowest BCUT2D eigenvalue weighted by atomic mass is 10.2. The van der Waals surface area contributed by atoms with Crippen molar-refractivity contribution < 1.29 is 18.0 Å². The van der Waals surface area contributed by atoms with E-state index >= 15 is 0 Å². The van der Waals surface area contributed by atoms with Crippen LogP contribution in [0.4, 0.5) is 8.78 Å². The SMILES string of the molecule is CC(C)NC(=O)C(C)NCc1ccc(CSC(F)F)o1. The lowest BCUT2D eigenvalue weighted by molar-refractivity contribution is -0.123. The summed E-state index contributed by atoms with van der Waals surface area (Å²) in [5.41, 5.74) is 0. The number of furan rings is 1. The van der Waals surface area contributed by atoms with Gasteiger partial charge >= 0.3 is 0 Å². The van der Waals surface area contributed by atoms with E-state index in [4.69, 9.17) is 4.42 Å². The maximum absolute atomic E-state index is 12.0. The van der Waals surface area contributed by atoms with E-state index in [0.717, 1.165) is 0 Å². The van der Waals surface area contributed by atoms with Crippen molar-refractivity contribution in [3.63, 3.8) is 0 Å². The fraction of sp³-hybridized carbons (Fsp3) is 0.615. The van der Waals surface area contributed by atoms with Gasteiger partial charge in [-0.05, 0) is 32.9 Å². The number of hydrogen-bond donors (Lipinski definition) is 2. The molecule has 0 saturated carbocycles. The maximum Gasteiger partial charge on any atom is 0.284 e. The summed E-state index contributed by atoms with van der Waals surface area (Å²) >= 11 is 0.522. The van der Waals surface area contributed by atoms with E-state index in [1.54, 1.807) is 19.1 Å². The number of nitrogens with one attached hydrogen (secondary N) is 2. The van der Waals surface area contributed by atoms with Crippen LogP contribution in [-0.2, 0) is 17.1 Å². The van der Waals surface area contributed by atoms with Gasteiger partial charge in [0.15, 0.2) is 0 Å². The zero-order valence-corrected chi connectivity index (χ0v) is 12.6. The molecule has 1 amide bonds. The molecular weight excluding hydrogens is 286 g/mol. The van der Waals surface area contributed by atoms with Crippen LogP contribution in [0.1, 0.15) is 32.3 Å². The smallest absolute Gasteiger partial charge is 0.284 e. The Labute approximate surface area is 121 Å². The van der Waals surface area contributed by atoms with Crippen LogP contribution in [0.2, 0.25) is 0 Å². The first-order chi connectivity index (χ1) is 9.38. The van der Waals surface area contributed by atoms with Crippen molar-refractivity contribution in [1.82, 2.24) is 10.6 Å². The van der Waals surface area contributed by atoms with Gasteiger partial charge in [0.1, 0.15) is 11.5 Å². The van der Waals surface area contributed by atoms with Gasteiger partial charge < -0.3 is 9.73 Å². The van der Waals surface area contributed by atoms with Crippen LogP contribution in [-0.4, -0.2) is 23.7 Å². The lowest BCUT2D eigenvalue weighted by Gasteiger charge is -2.15. The third-order valence-corrected chi connectivity index (χ3v) is 3.18. The van der Waals surface area contributed by atoms with E-state index in [9.17, 15) is 13.6 Å². The second-order valence-electron chi connectivity index (χ2n) is 4.71. The van der Waals surface area contributed by atoms with Crippen LogP contribution in [0.15, 0.2) is 16.5 Å². The number of halogens is 2. The molecule has 20 heavy (non-hydrogen) atoms. The van der Waals surface area contributed by atoms with Crippen LogP contribution in [0.3, 0.4) is 0 Å². The molecule has 0 spiro atoms. The van der Waals surface area contributed by atoms with Crippen molar-refractivity contribution in [3.8, 4) is 0 Å². The second kappa shape index (κ2) is 8.26. The van der Waals surface area contributed by atoms with Crippen LogP contribution in [0.5, 0.6) is 0 Å². The van der Waals surface area contributed by atoms with Gasteiger partial charge in [0, 0.05) is 6.04 Å². The topological polar surface area (TPSA) is 54.3 Å². The van der Waals surface area contributed by atoms with Crippen molar-refractivity contribution in [2.24, 2.45) is 0 Å². The molecule has 0 aliphatic rings. The van der Waals surface area contributed by atoms with Crippen molar-refractivity contribution in [2.75, 3.05) is 0 Å². The highest BCUT2D eigenvalue weighted by Crippen LogP contribution is 2.21. The highest BCUT2D eigenvalue weighted by Gasteiger charge is 2.14. The number of amides is 1. The molecule has 1 aromatic heterocycles. The minimum absolute atomic E-state index is 0.0833. The lowest BCUT2D eigenvalue weighted by Crippen LogP contribution is -2.44. The molecule has 0 aliphatic heterocycles. The van der Waals surface area contributed by atoms with Crippen LogP contribution in [0, 0.1) is 0 Å². The van der Waals surface area contributed by atoms with Crippen molar-refractivity contribution in [1.29, 1.82) is 0 Å². The fourth-order valence-electron chi connectivity index (χ4n) is 1.50. The van der Waals surface area contributed by atoms with Crippen LogP contribution in [0.25, 0.3) is 0 Å². The highest BCUT2D eigenvalue weighted by molar-refractivity contribution is 7.98.